The zero-order valence-electron chi connectivity index (χ0n) is 21.5. The number of aromatic nitrogens is 2. The molecule has 4 aromatic rings. The maximum atomic E-state index is 13.4. The summed E-state index contributed by atoms with van der Waals surface area (Å²) < 4.78 is 18.9. The van der Waals surface area contributed by atoms with E-state index in [1.165, 1.54) is 0 Å². The number of nitrogens with zero attached hydrogens (tertiary/aromatic N) is 4. The number of hydrogen-bond donors (Lipinski definition) is 0. The van der Waals surface area contributed by atoms with Gasteiger partial charge in [0, 0.05) is 23.8 Å². The Hall–Kier alpha value is -4.35. The van der Waals surface area contributed by atoms with Gasteiger partial charge in [-0.05, 0) is 74.6 Å². The summed E-state index contributed by atoms with van der Waals surface area (Å²) in [6.45, 7) is 8.45. The van der Waals surface area contributed by atoms with Crippen LogP contribution in [0, 0.1) is 11.3 Å². The third kappa shape index (κ3) is 5.27. The molecule has 0 spiro atoms. The number of nitriles is 1. The van der Waals surface area contributed by atoms with E-state index in [2.05, 4.69) is 34.4 Å². The second-order valence-corrected chi connectivity index (χ2v) is 8.29. The summed E-state index contributed by atoms with van der Waals surface area (Å²) >= 11 is 0. The highest BCUT2D eigenvalue weighted by Gasteiger charge is 2.26. The van der Waals surface area contributed by atoms with E-state index in [9.17, 15) is 10.1 Å². The molecule has 0 atom stereocenters. The van der Waals surface area contributed by atoms with E-state index in [0.717, 1.165) is 35.7 Å². The molecular formula is C29H30N4O4. The van der Waals surface area contributed by atoms with Crippen molar-refractivity contribution in [2.75, 3.05) is 26.8 Å². The molecule has 0 saturated carbocycles. The van der Waals surface area contributed by atoms with E-state index in [1.54, 1.807) is 32.4 Å². The van der Waals surface area contributed by atoms with Gasteiger partial charge in [-0.15, -0.1) is 0 Å². The van der Waals surface area contributed by atoms with Crippen molar-refractivity contribution < 1.29 is 19.0 Å². The zero-order chi connectivity index (χ0) is 26.4. The molecule has 0 amide bonds. The lowest BCUT2D eigenvalue weighted by Gasteiger charge is -2.21. The van der Waals surface area contributed by atoms with E-state index in [1.807, 2.05) is 42.5 Å². The molecule has 2 heterocycles. The third-order valence-electron chi connectivity index (χ3n) is 6.22. The van der Waals surface area contributed by atoms with Crippen molar-refractivity contribution >= 4 is 16.9 Å². The monoisotopic (exact) mass is 498 g/mol. The zero-order valence-corrected chi connectivity index (χ0v) is 21.5. The topological polar surface area (TPSA) is 89.6 Å². The van der Waals surface area contributed by atoms with Gasteiger partial charge in [0.2, 0.25) is 5.88 Å². The summed E-state index contributed by atoms with van der Waals surface area (Å²) in [5.74, 6) is 1.03. The minimum absolute atomic E-state index is 0.208. The molecular weight excluding hydrogens is 468 g/mol. The van der Waals surface area contributed by atoms with Crippen molar-refractivity contribution in [2.24, 2.45) is 0 Å². The van der Waals surface area contributed by atoms with Gasteiger partial charge in [0.05, 0.1) is 30.5 Å². The van der Waals surface area contributed by atoms with Gasteiger partial charge in [-0.2, -0.15) is 5.26 Å². The summed E-state index contributed by atoms with van der Waals surface area (Å²) in [5.41, 5.74) is 3.38. The van der Waals surface area contributed by atoms with Gasteiger partial charge in [-0.1, -0.05) is 13.8 Å². The summed E-state index contributed by atoms with van der Waals surface area (Å²) in [6, 6.07) is 18.7. The molecule has 0 bridgehead atoms. The van der Waals surface area contributed by atoms with Crippen LogP contribution >= 0.6 is 0 Å². The summed E-state index contributed by atoms with van der Waals surface area (Å²) in [7, 11) is 1.63. The van der Waals surface area contributed by atoms with Crippen molar-refractivity contribution in [2.45, 2.75) is 27.3 Å². The lowest BCUT2D eigenvalue weighted by molar-refractivity contribution is 0.0526. The Kier molecular flexibility index (Phi) is 8.06. The fraction of sp³-hybridized carbons (Fsp3) is 0.276. The number of ether oxygens (including phenoxy) is 3. The highest BCUT2D eigenvalue weighted by atomic mass is 16.5. The molecule has 37 heavy (non-hydrogen) atoms. The van der Waals surface area contributed by atoms with Crippen LogP contribution < -0.4 is 9.47 Å². The molecule has 0 radical (unpaired) electrons. The standard InChI is InChI=1S/C29H30N4O4/c1-5-32(6-2)19-26-27(29(34)36-7-3)24-17-23(37-28-20(18-30)9-8-16-31-28)14-15-25(24)33(26)21-10-12-22(35-4)13-11-21/h8-17H,5-7,19H2,1-4H3. The molecule has 0 saturated heterocycles. The Morgan fingerprint density at radius 1 is 1.05 bits per heavy atom. The lowest BCUT2D eigenvalue weighted by atomic mass is 10.1. The molecule has 0 aliphatic rings. The fourth-order valence-electron chi connectivity index (χ4n) is 4.32. The van der Waals surface area contributed by atoms with Crippen LogP contribution in [0.5, 0.6) is 17.4 Å². The van der Waals surface area contributed by atoms with Gasteiger partial charge >= 0.3 is 5.97 Å². The predicted octanol–water partition coefficient (Wildman–Crippen LogP) is 5.72. The summed E-state index contributed by atoms with van der Waals surface area (Å²) in [6.07, 6.45) is 1.57. The van der Waals surface area contributed by atoms with Crippen LogP contribution in [0.1, 0.15) is 42.4 Å². The van der Waals surface area contributed by atoms with Gasteiger partial charge in [0.1, 0.15) is 23.1 Å². The normalized spacial score (nSPS) is 10.9. The predicted molar refractivity (Wildman–Crippen MR) is 141 cm³/mol. The number of benzene rings is 2. The first-order chi connectivity index (χ1) is 18.0. The number of esters is 1. The van der Waals surface area contributed by atoms with E-state index in [-0.39, 0.29) is 12.5 Å². The highest BCUT2D eigenvalue weighted by Crippen LogP contribution is 2.35. The van der Waals surface area contributed by atoms with Crippen LogP contribution in [0.15, 0.2) is 60.8 Å². The van der Waals surface area contributed by atoms with E-state index < -0.39 is 5.97 Å². The molecule has 0 fully saturated rings. The Morgan fingerprint density at radius 3 is 2.43 bits per heavy atom. The molecule has 2 aromatic heterocycles. The first kappa shape index (κ1) is 25.7. The molecule has 4 rings (SSSR count). The van der Waals surface area contributed by atoms with E-state index in [4.69, 9.17) is 14.2 Å². The minimum Gasteiger partial charge on any atom is -0.497 e. The van der Waals surface area contributed by atoms with Crippen LogP contribution in [-0.4, -0.2) is 47.2 Å². The van der Waals surface area contributed by atoms with Crippen molar-refractivity contribution in [1.82, 2.24) is 14.5 Å². The molecule has 0 unspecified atom stereocenters. The van der Waals surface area contributed by atoms with Gasteiger partial charge in [-0.3, -0.25) is 4.90 Å². The molecule has 190 valence electrons. The van der Waals surface area contributed by atoms with Crippen LogP contribution in [0.3, 0.4) is 0 Å². The second kappa shape index (κ2) is 11.6. The minimum atomic E-state index is -0.394. The van der Waals surface area contributed by atoms with Crippen LogP contribution in [-0.2, 0) is 11.3 Å². The number of methoxy groups -OCH3 is 1. The second-order valence-electron chi connectivity index (χ2n) is 8.29. The van der Waals surface area contributed by atoms with Crippen LogP contribution in [0.25, 0.3) is 16.6 Å². The molecule has 0 aliphatic heterocycles. The van der Waals surface area contributed by atoms with Crippen molar-refractivity contribution in [3.63, 3.8) is 0 Å². The number of fused-ring (bicyclic) bond motifs is 1. The maximum Gasteiger partial charge on any atom is 0.340 e. The van der Waals surface area contributed by atoms with Crippen molar-refractivity contribution in [1.29, 1.82) is 5.26 Å². The molecule has 2 aromatic carbocycles. The van der Waals surface area contributed by atoms with Gasteiger partial charge in [-0.25, -0.2) is 9.78 Å². The fourth-order valence-corrected chi connectivity index (χ4v) is 4.32. The average Bonchev–Trinajstić information content (AvgIpc) is 3.25. The molecule has 8 nitrogen and oxygen atoms in total. The first-order valence-corrected chi connectivity index (χ1v) is 12.3. The average molecular weight is 499 g/mol. The Bertz CT molecular complexity index is 1430. The molecule has 8 heteroatoms. The van der Waals surface area contributed by atoms with Gasteiger partial charge in [0.15, 0.2) is 0 Å². The Labute approximate surface area is 216 Å². The third-order valence-corrected chi connectivity index (χ3v) is 6.22. The molecule has 0 N–H and O–H groups in total. The van der Waals surface area contributed by atoms with Gasteiger partial charge < -0.3 is 18.8 Å². The smallest absolute Gasteiger partial charge is 0.340 e. The number of carbonyl (C=O) groups excluding carboxylic acids is 1. The quantitative estimate of drug-likeness (QED) is 0.258. The maximum absolute atomic E-state index is 13.4. The number of carbonyl (C=O) groups is 1. The SMILES string of the molecule is CCOC(=O)c1c(CN(CC)CC)n(-c2ccc(OC)cc2)c2ccc(Oc3ncccc3C#N)cc12. The summed E-state index contributed by atoms with van der Waals surface area (Å²) in [4.78, 5) is 19.8. The Morgan fingerprint density at radius 2 is 1.78 bits per heavy atom. The number of rotatable bonds is 10. The summed E-state index contributed by atoms with van der Waals surface area (Å²) in [5, 5.41) is 10.1. The number of pyridine rings is 1. The highest BCUT2D eigenvalue weighted by molar-refractivity contribution is 6.07. The van der Waals surface area contributed by atoms with E-state index in [0.29, 0.717) is 28.8 Å². The van der Waals surface area contributed by atoms with Crippen LogP contribution in [0.4, 0.5) is 0 Å². The van der Waals surface area contributed by atoms with E-state index >= 15 is 0 Å². The van der Waals surface area contributed by atoms with Gasteiger partial charge in [0.25, 0.3) is 0 Å². The van der Waals surface area contributed by atoms with Crippen LogP contribution in [0.2, 0.25) is 0 Å². The largest absolute Gasteiger partial charge is 0.497 e. The van der Waals surface area contributed by atoms with Crippen molar-refractivity contribution in [3.05, 3.63) is 77.6 Å². The number of hydrogen-bond acceptors (Lipinski definition) is 7. The lowest BCUT2D eigenvalue weighted by Crippen LogP contribution is -2.25. The van der Waals surface area contributed by atoms with Crippen molar-refractivity contribution in [3.8, 4) is 29.1 Å². The first-order valence-electron chi connectivity index (χ1n) is 12.3. The molecule has 0 aliphatic carbocycles. The Balaban J connectivity index is 1.96.